The average molecular weight is 484 g/mol. The van der Waals surface area contributed by atoms with Crippen LogP contribution in [0.5, 0.6) is 0 Å². The topological polar surface area (TPSA) is 140 Å². The van der Waals surface area contributed by atoms with E-state index < -0.39 is 33.6 Å². The number of sulfonamides is 1. The fourth-order valence-electron chi connectivity index (χ4n) is 2.35. The van der Waals surface area contributed by atoms with E-state index in [1.54, 1.807) is 20.8 Å². The van der Waals surface area contributed by atoms with Gasteiger partial charge in [0.25, 0.3) is 5.91 Å². The van der Waals surface area contributed by atoms with Crippen LogP contribution in [0.15, 0.2) is 41.3 Å². The molecule has 0 radical (unpaired) electrons. The maximum absolute atomic E-state index is 12.5. The van der Waals surface area contributed by atoms with Crippen molar-refractivity contribution in [2.24, 2.45) is 0 Å². The normalized spacial score (nSPS) is 11.5. The Morgan fingerprint density at radius 1 is 1.03 bits per heavy atom. The van der Waals surface area contributed by atoms with Crippen molar-refractivity contribution in [3.63, 3.8) is 0 Å². The molecule has 0 fully saturated rings. The Bertz CT molecular complexity index is 1090. The van der Waals surface area contributed by atoms with E-state index in [0.717, 1.165) is 11.3 Å². The summed E-state index contributed by atoms with van der Waals surface area (Å²) in [6.45, 7) is 5.14. The van der Waals surface area contributed by atoms with Crippen LogP contribution in [0, 0.1) is 0 Å². The van der Waals surface area contributed by atoms with Crippen LogP contribution < -0.4 is 15.4 Å². The third-order valence-electron chi connectivity index (χ3n) is 3.70. The highest BCUT2D eigenvalue weighted by Gasteiger charge is 2.18. The lowest BCUT2D eigenvalue weighted by molar-refractivity contribution is 0.0527. The summed E-state index contributed by atoms with van der Waals surface area (Å²) >= 11 is 0.960. The predicted octanol–water partition coefficient (Wildman–Crippen LogP) is 2.59. The Morgan fingerprint density at radius 3 is 2.38 bits per heavy atom. The van der Waals surface area contributed by atoms with Crippen molar-refractivity contribution in [1.29, 1.82) is 0 Å². The smallest absolute Gasteiger partial charge is 0.407 e. The van der Waals surface area contributed by atoms with Gasteiger partial charge in [-0.3, -0.25) is 4.79 Å². The average Bonchev–Trinajstić information content (AvgIpc) is 3.20. The van der Waals surface area contributed by atoms with Gasteiger partial charge in [0.05, 0.1) is 16.9 Å². The molecule has 12 heteroatoms. The molecule has 0 aliphatic rings. The molecular formula is C20H25N3O7S2. The maximum Gasteiger partial charge on any atom is 0.407 e. The van der Waals surface area contributed by atoms with Gasteiger partial charge in [-0.25, -0.2) is 22.7 Å². The Balaban J connectivity index is 1.96. The summed E-state index contributed by atoms with van der Waals surface area (Å²) in [5.41, 5.74) is -0.392. The molecule has 174 valence electrons. The van der Waals surface area contributed by atoms with Crippen molar-refractivity contribution >= 4 is 45.0 Å². The molecule has 0 atom stereocenters. The molecule has 1 aromatic carbocycles. The monoisotopic (exact) mass is 483 g/mol. The standard InChI is InChI=1S/C20H25N3O7S2/c1-20(2,3)30-19(26)21-10-11-22-32(27,28)14-7-5-6-13(12-14)23-17(24)15-8-9-16(31-15)18(25)29-4/h5-9,12,22H,10-11H2,1-4H3,(H,21,26)(H,23,24). The van der Waals surface area contributed by atoms with Crippen LogP contribution in [0.1, 0.15) is 40.1 Å². The van der Waals surface area contributed by atoms with Crippen LogP contribution in [-0.4, -0.2) is 52.2 Å². The second kappa shape index (κ2) is 10.6. The van der Waals surface area contributed by atoms with Crippen molar-refractivity contribution in [3.05, 3.63) is 46.2 Å². The zero-order valence-electron chi connectivity index (χ0n) is 18.1. The molecule has 0 saturated heterocycles. The lowest BCUT2D eigenvalue weighted by atomic mass is 10.2. The Labute approximate surface area is 190 Å². The lowest BCUT2D eigenvalue weighted by Gasteiger charge is -2.19. The zero-order valence-corrected chi connectivity index (χ0v) is 19.7. The third-order valence-corrected chi connectivity index (χ3v) is 6.23. The summed E-state index contributed by atoms with van der Waals surface area (Å²) in [6, 6.07) is 8.65. The fraction of sp³-hybridized carbons (Fsp3) is 0.350. The summed E-state index contributed by atoms with van der Waals surface area (Å²) in [7, 11) is -2.63. The first-order chi connectivity index (χ1) is 14.9. The number of ether oxygens (including phenoxy) is 2. The molecule has 0 bridgehead atoms. The number of thiophene rings is 1. The van der Waals surface area contributed by atoms with E-state index in [0.29, 0.717) is 0 Å². The van der Waals surface area contributed by atoms with E-state index in [4.69, 9.17) is 4.74 Å². The predicted molar refractivity (Wildman–Crippen MR) is 119 cm³/mol. The third kappa shape index (κ3) is 7.62. The molecule has 10 nitrogen and oxygen atoms in total. The summed E-state index contributed by atoms with van der Waals surface area (Å²) < 4.78 is 37.1. The van der Waals surface area contributed by atoms with E-state index in [9.17, 15) is 22.8 Å². The molecule has 32 heavy (non-hydrogen) atoms. The number of anilines is 1. The molecule has 2 aromatic rings. The first kappa shape index (κ1) is 25.3. The van der Waals surface area contributed by atoms with E-state index >= 15 is 0 Å². The largest absolute Gasteiger partial charge is 0.465 e. The number of amides is 2. The van der Waals surface area contributed by atoms with Gasteiger partial charge in [-0.1, -0.05) is 6.07 Å². The van der Waals surface area contributed by atoms with Crippen molar-refractivity contribution < 1.29 is 32.3 Å². The number of carbonyl (C=O) groups is 3. The number of esters is 1. The highest BCUT2D eigenvalue weighted by Crippen LogP contribution is 2.20. The van der Waals surface area contributed by atoms with Crippen LogP contribution in [0.3, 0.4) is 0 Å². The number of methoxy groups -OCH3 is 1. The molecule has 0 aliphatic heterocycles. The van der Waals surface area contributed by atoms with Gasteiger partial charge in [0, 0.05) is 18.8 Å². The number of nitrogens with one attached hydrogen (secondary N) is 3. The van der Waals surface area contributed by atoms with E-state index in [1.165, 1.54) is 43.5 Å². The lowest BCUT2D eigenvalue weighted by Crippen LogP contribution is -2.37. The molecule has 0 saturated carbocycles. The number of rotatable bonds is 8. The molecule has 0 spiro atoms. The molecule has 0 unspecified atom stereocenters. The first-order valence-electron chi connectivity index (χ1n) is 9.47. The molecular weight excluding hydrogens is 458 g/mol. The van der Waals surface area contributed by atoms with Gasteiger partial charge in [-0.2, -0.15) is 0 Å². The summed E-state index contributed by atoms with van der Waals surface area (Å²) in [5, 5.41) is 5.05. The van der Waals surface area contributed by atoms with Gasteiger partial charge in [0.2, 0.25) is 10.0 Å². The quantitative estimate of drug-likeness (QED) is 0.387. The van der Waals surface area contributed by atoms with E-state index in [-0.39, 0.29) is 33.4 Å². The van der Waals surface area contributed by atoms with Gasteiger partial charge >= 0.3 is 12.1 Å². The highest BCUT2D eigenvalue weighted by atomic mass is 32.2. The minimum absolute atomic E-state index is 0.0332. The van der Waals surface area contributed by atoms with Crippen molar-refractivity contribution in [3.8, 4) is 0 Å². The Hall–Kier alpha value is -2.96. The Morgan fingerprint density at radius 2 is 1.72 bits per heavy atom. The van der Waals surface area contributed by atoms with Crippen LogP contribution in [0.4, 0.5) is 10.5 Å². The molecule has 1 aromatic heterocycles. The maximum atomic E-state index is 12.5. The van der Waals surface area contributed by atoms with E-state index in [1.807, 2.05) is 0 Å². The second-order valence-electron chi connectivity index (χ2n) is 7.46. The number of carbonyl (C=O) groups excluding carboxylic acids is 3. The van der Waals surface area contributed by atoms with Gasteiger partial charge in [-0.15, -0.1) is 11.3 Å². The molecule has 2 rings (SSSR count). The number of hydrogen-bond donors (Lipinski definition) is 3. The highest BCUT2D eigenvalue weighted by molar-refractivity contribution is 7.89. The van der Waals surface area contributed by atoms with Gasteiger partial charge < -0.3 is 20.1 Å². The molecule has 2 amide bonds. The number of hydrogen-bond acceptors (Lipinski definition) is 8. The SMILES string of the molecule is COC(=O)c1ccc(C(=O)Nc2cccc(S(=O)(=O)NCCNC(=O)OC(C)(C)C)c2)s1. The zero-order chi connectivity index (χ0) is 23.9. The van der Waals surface area contributed by atoms with Gasteiger partial charge in [-0.05, 0) is 51.1 Å². The van der Waals surface area contributed by atoms with Crippen LogP contribution in [-0.2, 0) is 19.5 Å². The second-order valence-corrected chi connectivity index (χ2v) is 10.3. The fourth-order valence-corrected chi connectivity index (χ4v) is 4.25. The van der Waals surface area contributed by atoms with Gasteiger partial charge in [0.15, 0.2) is 0 Å². The first-order valence-corrected chi connectivity index (χ1v) is 11.8. The van der Waals surface area contributed by atoms with E-state index in [2.05, 4.69) is 20.1 Å². The summed E-state index contributed by atoms with van der Waals surface area (Å²) in [6.07, 6.45) is -0.648. The van der Waals surface area contributed by atoms with Crippen molar-refractivity contribution in [2.45, 2.75) is 31.3 Å². The van der Waals surface area contributed by atoms with Crippen LogP contribution >= 0.6 is 11.3 Å². The summed E-state index contributed by atoms with van der Waals surface area (Å²) in [5.74, 6) is -1.04. The van der Waals surface area contributed by atoms with Gasteiger partial charge in [0.1, 0.15) is 10.5 Å². The minimum Gasteiger partial charge on any atom is -0.465 e. The Kier molecular flexibility index (Phi) is 8.36. The minimum atomic E-state index is -3.88. The van der Waals surface area contributed by atoms with Crippen molar-refractivity contribution in [2.75, 3.05) is 25.5 Å². The molecule has 1 heterocycles. The van der Waals surface area contributed by atoms with Crippen LogP contribution in [0.2, 0.25) is 0 Å². The number of alkyl carbamates (subject to hydrolysis) is 1. The summed E-state index contributed by atoms with van der Waals surface area (Å²) in [4.78, 5) is 36.0. The van der Waals surface area contributed by atoms with Crippen LogP contribution in [0.25, 0.3) is 0 Å². The van der Waals surface area contributed by atoms with Crippen molar-refractivity contribution in [1.82, 2.24) is 10.0 Å². The molecule has 0 aliphatic carbocycles. The number of benzene rings is 1. The molecule has 3 N–H and O–H groups in total.